The van der Waals surface area contributed by atoms with E-state index >= 15 is 0 Å². The third-order valence-corrected chi connectivity index (χ3v) is 4.71. The first-order chi connectivity index (χ1) is 12.8. The summed E-state index contributed by atoms with van der Waals surface area (Å²) >= 11 is 0. The Kier molecular flexibility index (Phi) is 4.80. The Morgan fingerprint density at radius 2 is 2.08 bits per heavy atom. The quantitative estimate of drug-likeness (QED) is 0.770. The molecule has 5 nitrogen and oxygen atoms in total. The van der Waals surface area contributed by atoms with Crippen molar-refractivity contribution in [2.45, 2.75) is 18.9 Å². The highest BCUT2D eigenvalue weighted by molar-refractivity contribution is 5.94. The zero-order chi connectivity index (χ0) is 17.8. The Labute approximate surface area is 152 Å². The van der Waals surface area contributed by atoms with Crippen LogP contribution in [-0.2, 0) is 11.3 Å². The van der Waals surface area contributed by atoms with Gasteiger partial charge in [-0.2, -0.15) is 0 Å². The standard InChI is InChI=1S/C21H21N3O2/c25-21(17-6-4-5-16(13-17)18-9-12-26-15-18)23-14-20-22-10-11-24(20)19-7-2-1-3-8-19/h1-8,10-11,13,18H,9,12,14-15H2,(H,23,25). The average molecular weight is 347 g/mol. The minimum atomic E-state index is -0.0895. The van der Waals surface area contributed by atoms with E-state index in [1.165, 1.54) is 5.56 Å². The average Bonchev–Trinajstić information content (AvgIpc) is 3.39. The maximum atomic E-state index is 12.6. The first kappa shape index (κ1) is 16.5. The van der Waals surface area contributed by atoms with Gasteiger partial charge in [0.25, 0.3) is 5.91 Å². The van der Waals surface area contributed by atoms with Crippen LogP contribution in [0.5, 0.6) is 0 Å². The van der Waals surface area contributed by atoms with Crippen LogP contribution >= 0.6 is 0 Å². The van der Waals surface area contributed by atoms with Crippen LogP contribution in [0, 0.1) is 0 Å². The first-order valence-electron chi connectivity index (χ1n) is 8.85. The molecule has 1 unspecified atom stereocenters. The molecule has 132 valence electrons. The summed E-state index contributed by atoms with van der Waals surface area (Å²) in [5, 5.41) is 2.98. The van der Waals surface area contributed by atoms with Crippen molar-refractivity contribution in [3.05, 3.63) is 83.9 Å². The lowest BCUT2D eigenvalue weighted by Gasteiger charge is -2.11. The van der Waals surface area contributed by atoms with Crippen LogP contribution in [0.15, 0.2) is 67.0 Å². The summed E-state index contributed by atoms with van der Waals surface area (Å²) in [7, 11) is 0. The van der Waals surface area contributed by atoms with E-state index in [2.05, 4.69) is 16.4 Å². The van der Waals surface area contributed by atoms with Crippen LogP contribution in [0.4, 0.5) is 0 Å². The Bertz CT molecular complexity index is 883. The molecule has 1 aliphatic heterocycles. The fourth-order valence-electron chi connectivity index (χ4n) is 3.28. The first-order valence-corrected chi connectivity index (χ1v) is 8.85. The SMILES string of the molecule is O=C(NCc1nccn1-c1ccccc1)c1cccc(C2CCOC2)c1. The van der Waals surface area contributed by atoms with Crippen molar-refractivity contribution in [1.29, 1.82) is 0 Å². The third-order valence-electron chi connectivity index (χ3n) is 4.71. The van der Waals surface area contributed by atoms with Gasteiger partial charge in [0.15, 0.2) is 0 Å². The van der Waals surface area contributed by atoms with Gasteiger partial charge in [-0.15, -0.1) is 0 Å². The van der Waals surface area contributed by atoms with Gasteiger partial charge in [0.1, 0.15) is 5.82 Å². The molecule has 0 spiro atoms. The second kappa shape index (κ2) is 7.54. The molecule has 1 N–H and O–H groups in total. The van der Waals surface area contributed by atoms with E-state index in [9.17, 15) is 4.79 Å². The number of ether oxygens (including phenoxy) is 1. The number of amides is 1. The van der Waals surface area contributed by atoms with Gasteiger partial charge in [-0.3, -0.25) is 4.79 Å². The van der Waals surface area contributed by atoms with E-state index in [0.29, 0.717) is 18.0 Å². The zero-order valence-corrected chi connectivity index (χ0v) is 14.5. The highest BCUT2D eigenvalue weighted by Crippen LogP contribution is 2.25. The molecule has 1 amide bonds. The number of nitrogens with zero attached hydrogens (tertiary/aromatic N) is 2. The van der Waals surface area contributed by atoms with Crippen molar-refractivity contribution in [3.63, 3.8) is 0 Å². The summed E-state index contributed by atoms with van der Waals surface area (Å²) in [5.74, 6) is 1.10. The van der Waals surface area contributed by atoms with E-state index in [1.807, 2.05) is 59.3 Å². The number of carbonyl (C=O) groups is 1. The Hall–Kier alpha value is -2.92. The molecule has 0 saturated carbocycles. The van der Waals surface area contributed by atoms with Crippen LogP contribution in [0.1, 0.15) is 34.1 Å². The number of benzene rings is 2. The number of carbonyl (C=O) groups excluding carboxylic acids is 1. The van der Waals surface area contributed by atoms with Crippen LogP contribution in [0.25, 0.3) is 5.69 Å². The van der Waals surface area contributed by atoms with Gasteiger partial charge >= 0.3 is 0 Å². The fraction of sp³-hybridized carbons (Fsp3) is 0.238. The van der Waals surface area contributed by atoms with Gasteiger partial charge in [0, 0.05) is 36.2 Å². The maximum Gasteiger partial charge on any atom is 0.251 e. The smallest absolute Gasteiger partial charge is 0.251 e. The summed E-state index contributed by atoms with van der Waals surface area (Å²) < 4.78 is 7.43. The van der Waals surface area contributed by atoms with Crippen molar-refractivity contribution >= 4 is 5.91 Å². The summed E-state index contributed by atoms with van der Waals surface area (Å²) in [6.07, 6.45) is 4.66. The van der Waals surface area contributed by atoms with Crippen LogP contribution in [0.3, 0.4) is 0 Å². The highest BCUT2D eigenvalue weighted by Gasteiger charge is 2.19. The van der Waals surface area contributed by atoms with Crippen LogP contribution in [-0.4, -0.2) is 28.7 Å². The lowest BCUT2D eigenvalue weighted by Crippen LogP contribution is -2.24. The molecule has 2 aromatic carbocycles. The topological polar surface area (TPSA) is 56.2 Å². The predicted octanol–water partition coefficient (Wildman–Crippen LogP) is 3.31. The Balaban J connectivity index is 1.45. The summed E-state index contributed by atoms with van der Waals surface area (Å²) in [5.41, 5.74) is 2.87. The van der Waals surface area contributed by atoms with Crippen molar-refractivity contribution in [2.75, 3.05) is 13.2 Å². The normalized spacial score (nSPS) is 16.5. The second-order valence-corrected chi connectivity index (χ2v) is 6.42. The molecule has 0 bridgehead atoms. The maximum absolute atomic E-state index is 12.6. The van der Waals surface area contributed by atoms with Gasteiger partial charge in [-0.05, 0) is 36.2 Å². The zero-order valence-electron chi connectivity index (χ0n) is 14.5. The van der Waals surface area contributed by atoms with Gasteiger partial charge in [-0.25, -0.2) is 4.98 Å². The molecule has 3 aromatic rings. The third kappa shape index (κ3) is 3.53. The molecular weight excluding hydrogens is 326 g/mol. The molecule has 5 heteroatoms. The predicted molar refractivity (Wildman–Crippen MR) is 99.4 cm³/mol. The molecule has 0 aliphatic carbocycles. The molecule has 0 radical (unpaired) electrons. The van der Waals surface area contributed by atoms with E-state index in [0.717, 1.165) is 31.1 Å². The molecule has 1 saturated heterocycles. The molecule has 26 heavy (non-hydrogen) atoms. The summed E-state index contributed by atoms with van der Waals surface area (Å²) in [6, 6.07) is 17.8. The highest BCUT2D eigenvalue weighted by atomic mass is 16.5. The molecule has 1 aromatic heterocycles. The van der Waals surface area contributed by atoms with E-state index in [4.69, 9.17) is 4.74 Å². The molecule has 2 heterocycles. The van der Waals surface area contributed by atoms with E-state index in [1.54, 1.807) is 6.20 Å². The summed E-state index contributed by atoms with van der Waals surface area (Å²) in [4.78, 5) is 16.9. The molecular formula is C21H21N3O2. The molecule has 1 aliphatic rings. The Morgan fingerprint density at radius 1 is 1.19 bits per heavy atom. The molecule has 4 rings (SSSR count). The number of hydrogen-bond acceptors (Lipinski definition) is 3. The number of rotatable bonds is 5. The van der Waals surface area contributed by atoms with Crippen molar-refractivity contribution in [3.8, 4) is 5.69 Å². The minimum absolute atomic E-state index is 0.0895. The van der Waals surface area contributed by atoms with E-state index in [-0.39, 0.29) is 5.91 Å². The van der Waals surface area contributed by atoms with Crippen molar-refractivity contribution in [1.82, 2.24) is 14.9 Å². The van der Waals surface area contributed by atoms with E-state index < -0.39 is 0 Å². The van der Waals surface area contributed by atoms with Gasteiger partial charge < -0.3 is 14.6 Å². The second-order valence-electron chi connectivity index (χ2n) is 6.42. The lowest BCUT2D eigenvalue weighted by atomic mass is 9.96. The van der Waals surface area contributed by atoms with Gasteiger partial charge in [0.05, 0.1) is 13.2 Å². The Morgan fingerprint density at radius 3 is 2.88 bits per heavy atom. The van der Waals surface area contributed by atoms with Gasteiger partial charge in [0.2, 0.25) is 0 Å². The number of imidazole rings is 1. The van der Waals surface area contributed by atoms with Crippen LogP contribution in [0.2, 0.25) is 0 Å². The van der Waals surface area contributed by atoms with Gasteiger partial charge in [-0.1, -0.05) is 30.3 Å². The van der Waals surface area contributed by atoms with Crippen molar-refractivity contribution < 1.29 is 9.53 Å². The minimum Gasteiger partial charge on any atom is -0.381 e. The lowest BCUT2D eigenvalue weighted by molar-refractivity contribution is 0.0949. The largest absolute Gasteiger partial charge is 0.381 e. The monoisotopic (exact) mass is 347 g/mol. The molecule has 1 fully saturated rings. The summed E-state index contributed by atoms with van der Waals surface area (Å²) in [6.45, 7) is 1.90. The van der Waals surface area contributed by atoms with Crippen LogP contribution < -0.4 is 5.32 Å². The fourth-order valence-corrected chi connectivity index (χ4v) is 3.28. The number of hydrogen-bond donors (Lipinski definition) is 1. The van der Waals surface area contributed by atoms with Crippen molar-refractivity contribution in [2.24, 2.45) is 0 Å². The number of para-hydroxylation sites is 1. The molecule has 1 atom stereocenters. The number of nitrogens with one attached hydrogen (secondary N) is 1. The number of aromatic nitrogens is 2.